The molecule has 0 unspecified atom stereocenters. The molecule has 12 nitrogen and oxygen atoms in total. The summed E-state index contributed by atoms with van der Waals surface area (Å²) in [7, 11) is 0. The number of hydrogen-bond acceptors (Lipinski definition) is 10. The van der Waals surface area contributed by atoms with Gasteiger partial charge in [0.25, 0.3) is 11.4 Å². The maximum atomic E-state index is 12.8. The van der Waals surface area contributed by atoms with Gasteiger partial charge in [0, 0.05) is 35.2 Å². The molecule has 184 valence electrons. The molecule has 0 aromatic heterocycles. The number of thioether (sulfide) groups is 1. The van der Waals surface area contributed by atoms with E-state index in [1.54, 1.807) is 0 Å². The van der Waals surface area contributed by atoms with Gasteiger partial charge in [0.15, 0.2) is 0 Å². The van der Waals surface area contributed by atoms with E-state index in [1.807, 2.05) is 0 Å². The van der Waals surface area contributed by atoms with Crippen molar-refractivity contribution < 1.29 is 33.7 Å². The number of rotatable bonds is 9. The van der Waals surface area contributed by atoms with E-state index < -0.39 is 21.8 Å². The number of benzene rings is 2. The van der Waals surface area contributed by atoms with Crippen LogP contribution in [0.3, 0.4) is 0 Å². The first-order valence-corrected chi connectivity index (χ1v) is 11.3. The summed E-state index contributed by atoms with van der Waals surface area (Å²) in [5, 5.41) is 21.2. The molecule has 36 heavy (non-hydrogen) atoms. The number of esters is 2. The number of β-lactam (4-membered cyclic amide) rings is 1. The Labute approximate surface area is 207 Å². The minimum atomic E-state index is -0.768. The number of carbonyl (C=O) groups is 3. The Balaban J connectivity index is 1.39. The molecule has 0 aliphatic carbocycles. The lowest BCUT2D eigenvalue weighted by Gasteiger charge is -2.34. The fourth-order valence-electron chi connectivity index (χ4n) is 3.38. The zero-order valence-corrected chi connectivity index (χ0v) is 19.2. The first-order valence-electron chi connectivity index (χ1n) is 10.4. The Morgan fingerprint density at radius 3 is 1.97 bits per heavy atom. The molecule has 1 amide bonds. The quantitative estimate of drug-likeness (QED) is 0.161. The van der Waals surface area contributed by atoms with E-state index in [0.717, 1.165) is 6.08 Å². The van der Waals surface area contributed by atoms with Gasteiger partial charge in [-0.05, 0) is 41.5 Å². The van der Waals surface area contributed by atoms with Crippen LogP contribution < -0.4 is 0 Å². The number of hydrogen-bond donors (Lipinski definition) is 0. The zero-order valence-electron chi connectivity index (χ0n) is 18.4. The van der Waals surface area contributed by atoms with Crippen LogP contribution in [0.5, 0.6) is 0 Å². The summed E-state index contributed by atoms with van der Waals surface area (Å²) in [5.74, 6) is -1.73. The molecule has 2 aromatic carbocycles. The van der Waals surface area contributed by atoms with E-state index in [9.17, 15) is 34.6 Å². The van der Waals surface area contributed by atoms with Gasteiger partial charge < -0.3 is 9.47 Å². The molecule has 13 heteroatoms. The van der Waals surface area contributed by atoms with Crippen LogP contribution in [0.1, 0.15) is 17.5 Å². The van der Waals surface area contributed by atoms with Crippen molar-refractivity contribution in [2.45, 2.75) is 25.0 Å². The predicted molar refractivity (Wildman–Crippen MR) is 125 cm³/mol. The molecule has 2 aromatic rings. The maximum absolute atomic E-state index is 12.8. The number of nitro benzene ring substituents is 2. The molecule has 0 bridgehead atoms. The van der Waals surface area contributed by atoms with Crippen LogP contribution in [0, 0.1) is 20.2 Å². The van der Waals surface area contributed by atoms with E-state index in [1.165, 1.54) is 71.3 Å². The minimum Gasteiger partial charge on any atom is -0.458 e. The number of nitrogens with zero attached hydrogens (tertiary/aromatic N) is 3. The van der Waals surface area contributed by atoms with Crippen molar-refractivity contribution in [3.05, 3.63) is 103 Å². The minimum absolute atomic E-state index is 0.0163. The summed E-state index contributed by atoms with van der Waals surface area (Å²) in [4.78, 5) is 59.1. The molecule has 0 N–H and O–H groups in total. The standard InChI is InChI=1S/C23H17N3O9S/c27-19-11-20-24(19)22(23(29)35-13-15-3-7-17(8-4-15)26(32)33)18(36-20)9-10-21(28)34-12-14-1-5-16(6-2-14)25(30)31/h1-10,20H,11-13H2/b10-9-/t20-/m1/s1. The van der Waals surface area contributed by atoms with E-state index in [2.05, 4.69) is 0 Å². The van der Waals surface area contributed by atoms with Crippen molar-refractivity contribution in [1.29, 1.82) is 0 Å². The van der Waals surface area contributed by atoms with Crippen LogP contribution in [0.15, 0.2) is 71.3 Å². The second-order valence-electron chi connectivity index (χ2n) is 7.62. The van der Waals surface area contributed by atoms with Gasteiger partial charge in [-0.2, -0.15) is 0 Å². The van der Waals surface area contributed by atoms with Crippen molar-refractivity contribution >= 4 is 41.0 Å². The SMILES string of the molecule is O=C(/C=C\C1=C(C(=O)OCc2ccc([N+](=O)[O-])cc2)N2C(=O)C[C@H]2S1)OCc1ccc([N+](=O)[O-])cc1. The lowest BCUT2D eigenvalue weighted by molar-refractivity contribution is -0.385. The number of allylic oxidation sites excluding steroid dienone is 1. The summed E-state index contributed by atoms with van der Waals surface area (Å²) >= 11 is 1.24. The molecule has 1 fully saturated rings. The number of nitro groups is 2. The van der Waals surface area contributed by atoms with Crippen LogP contribution in [-0.2, 0) is 37.1 Å². The summed E-state index contributed by atoms with van der Waals surface area (Å²) in [5.41, 5.74) is 0.924. The highest BCUT2D eigenvalue weighted by Crippen LogP contribution is 2.46. The topological polar surface area (TPSA) is 159 Å². The van der Waals surface area contributed by atoms with Gasteiger partial charge in [-0.3, -0.25) is 29.9 Å². The van der Waals surface area contributed by atoms with Gasteiger partial charge in [0.05, 0.1) is 21.6 Å². The molecule has 4 rings (SSSR count). The van der Waals surface area contributed by atoms with Gasteiger partial charge in [-0.1, -0.05) is 11.8 Å². The number of amides is 1. The van der Waals surface area contributed by atoms with Crippen LogP contribution in [0.4, 0.5) is 11.4 Å². The van der Waals surface area contributed by atoms with E-state index in [0.29, 0.717) is 16.0 Å². The maximum Gasteiger partial charge on any atom is 0.356 e. The highest BCUT2D eigenvalue weighted by atomic mass is 32.2. The molecule has 1 saturated heterocycles. The smallest absolute Gasteiger partial charge is 0.356 e. The monoisotopic (exact) mass is 511 g/mol. The van der Waals surface area contributed by atoms with Gasteiger partial charge >= 0.3 is 11.9 Å². The molecular weight excluding hydrogens is 494 g/mol. The normalized spacial score (nSPS) is 16.5. The number of non-ortho nitro benzene ring substituents is 2. The molecule has 2 heterocycles. The molecule has 0 saturated carbocycles. The number of fused-ring (bicyclic) bond motifs is 1. The molecule has 2 aliphatic rings. The third-order valence-corrected chi connectivity index (χ3v) is 6.49. The second kappa shape index (κ2) is 10.4. The molecule has 2 aliphatic heterocycles. The lowest BCUT2D eigenvalue weighted by atomic mass is 10.1. The summed E-state index contributed by atoms with van der Waals surface area (Å²) < 4.78 is 10.4. The largest absolute Gasteiger partial charge is 0.458 e. The second-order valence-corrected chi connectivity index (χ2v) is 8.84. The van der Waals surface area contributed by atoms with Crippen LogP contribution >= 0.6 is 11.8 Å². The predicted octanol–water partition coefficient (Wildman–Crippen LogP) is 3.36. The Morgan fingerprint density at radius 2 is 1.47 bits per heavy atom. The average molecular weight is 511 g/mol. The summed E-state index contributed by atoms with van der Waals surface area (Å²) in [6.07, 6.45) is 2.73. The Kier molecular flexibility index (Phi) is 7.10. The molecule has 0 spiro atoms. The van der Waals surface area contributed by atoms with Crippen molar-refractivity contribution in [3.8, 4) is 0 Å². The van der Waals surface area contributed by atoms with Crippen LogP contribution in [-0.4, -0.2) is 38.0 Å². The fraction of sp³-hybridized carbons (Fsp3) is 0.174. The van der Waals surface area contributed by atoms with Gasteiger partial charge in [-0.25, -0.2) is 9.59 Å². The van der Waals surface area contributed by atoms with Gasteiger partial charge in [0.2, 0.25) is 5.91 Å². The Hall–Kier alpha value is -4.52. The first kappa shape index (κ1) is 24.6. The Morgan fingerprint density at radius 1 is 0.944 bits per heavy atom. The highest BCUT2D eigenvalue weighted by molar-refractivity contribution is 8.04. The van der Waals surface area contributed by atoms with Crippen LogP contribution in [0.25, 0.3) is 0 Å². The van der Waals surface area contributed by atoms with Crippen molar-refractivity contribution in [2.24, 2.45) is 0 Å². The lowest BCUT2D eigenvalue weighted by Crippen LogP contribution is -2.48. The number of ether oxygens (including phenoxy) is 2. The van der Waals surface area contributed by atoms with Crippen molar-refractivity contribution in [1.82, 2.24) is 4.90 Å². The first-order chi connectivity index (χ1) is 17.2. The molecule has 0 radical (unpaired) electrons. The summed E-state index contributed by atoms with van der Waals surface area (Å²) in [6, 6.07) is 11.0. The van der Waals surface area contributed by atoms with Gasteiger partial charge in [0.1, 0.15) is 18.9 Å². The van der Waals surface area contributed by atoms with Crippen LogP contribution in [0.2, 0.25) is 0 Å². The Bertz CT molecular complexity index is 1300. The summed E-state index contributed by atoms with van der Waals surface area (Å²) in [6.45, 7) is -0.267. The van der Waals surface area contributed by atoms with Crippen molar-refractivity contribution in [3.63, 3.8) is 0 Å². The average Bonchev–Trinajstić information content (AvgIpc) is 3.17. The van der Waals surface area contributed by atoms with E-state index in [4.69, 9.17) is 9.47 Å². The van der Waals surface area contributed by atoms with Gasteiger partial charge in [-0.15, -0.1) is 0 Å². The van der Waals surface area contributed by atoms with Crippen molar-refractivity contribution in [2.75, 3.05) is 0 Å². The number of carbonyl (C=O) groups excluding carboxylic acids is 3. The third kappa shape index (κ3) is 5.41. The molecule has 1 atom stereocenters. The van der Waals surface area contributed by atoms with E-state index >= 15 is 0 Å². The highest BCUT2D eigenvalue weighted by Gasteiger charge is 2.48. The molecular formula is C23H17N3O9S. The third-order valence-electron chi connectivity index (χ3n) is 5.25. The zero-order chi connectivity index (χ0) is 25.8. The van der Waals surface area contributed by atoms with E-state index in [-0.39, 0.29) is 48.0 Å². The fourth-order valence-corrected chi connectivity index (χ4v) is 4.67.